The topological polar surface area (TPSA) is 38.0 Å². The SMILES string of the molecule is CC(C)CCNCCC(C)CCC(N)CC(C)C. The number of nitrogens with two attached hydrogens (primary N) is 1. The van der Waals surface area contributed by atoms with E-state index in [0.29, 0.717) is 6.04 Å². The van der Waals surface area contributed by atoms with Gasteiger partial charge in [-0.15, -0.1) is 0 Å². The second kappa shape index (κ2) is 10.8. The largest absolute Gasteiger partial charge is 0.328 e. The van der Waals surface area contributed by atoms with Crippen molar-refractivity contribution in [1.29, 1.82) is 0 Å². The molecule has 0 radical (unpaired) electrons. The number of nitrogens with one attached hydrogen (secondary N) is 1. The van der Waals surface area contributed by atoms with Gasteiger partial charge in [-0.25, -0.2) is 0 Å². The molecule has 2 unspecified atom stereocenters. The van der Waals surface area contributed by atoms with Crippen molar-refractivity contribution in [1.82, 2.24) is 5.32 Å². The van der Waals surface area contributed by atoms with E-state index >= 15 is 0 Å². The monoisotopic (exact) mass is 256 g/mol. The van der Waals surface area contributed by atoms with Crippen LogP contribution >= 0.6 is 0 Å². The molecule has 0 aromatic rings. The molecule has 3 N–H and O–H groups in total. The highest BCUT2D eigenvalue weighted by Gasteiger charge is 2.08. The lowest BCUT2D eigenvalue weighted by Gasteiger charge is -2.17. The van der Waals surface area contributed by atoms with Gasteiger partial charge in [-0.2, -0.15) is 0 Å². The maximum atomic E-state index is 6.12. The lowest BCUT2D eigenvalue weighted by atomic mass is 9.94. The highest BCUT2D eigenvalue weighted by atomic mass is 14.8. The van der Waals surface area contributed by atoms with Crippen molar-refractivity contribution in [2.75, 3.05) is 13.1 Å². The Labute approximate surface area is 115 Å². The first kappa shape index (κ1) is 17.9. The zero-order chi connectivity index (χ0) is 14.0. The summed E-state index contributed by atoms with van der Waals surface area (Å²) in [5, 5.41) is 3.54. The van der Waals surface area contributed by atoms with Crippen LogP contribution < -0.4 is 11.1 Å². The van der Waals surface area contributed by atoms with Gasteiger partial charge in [-0.1, -0.05) is 34.6 Å². The third kappa shape index (κ3) is 12.4. The third-order valence-corrected chi connectivity index (χ3v) is 3.52. The molecule has 0 saturated carbocycles. The van der Waals surface area contributed by atoms with Crippen molar-refractivity contribution < 1.29 is 0 Å². The van der Waals surface area contributed by atoms with Crippen LogP contribution in [0.4, 0.5) is 0 Å². The molecule has 0 saturated heterocycles. The van der Waals surface area contributed by atoms with Crippen molar-refractivity contribution in [3.8, 4) is 0 Å². The first-order valence-corrected chi connectivity index (χ1v) is 7.88. The van der Waals surface area contributed by atoms with Crippen molar-refractivity contribution in [3.05, 3.63) is 0 Å². The molecule has 2 nitrogen and oxygen atoms in total. The molecule has 0 bridgehead atoms. The normalized spacial score (nSPS) is 15.3. The van der Waals surface area contributed by atoms with Gasteiger partial charge in [0.2, 0.25) is 0 Å². The van der Waals surface area contributed by atoms with Crippen molar-refractivity contribution in [2.45, 2.75) is 72.8 Å². The fraction of sp³-hybridized carbons (Fsp3) is 1.00. The summed E-state index contributed by atoms with van der Waals surface area (Å²) in [6.07, 6.45) is 6.20. The molecule has 0 spiro atoms. The predicted octanol–water partition coefficient (Wildman–Crippen LogP) is 3.80. The fourth-order valence-corrected chi connectivity index (χ4v) is 2.23. The Morgan fingerprint density at radius 2 is 1.39 bits per heavy atom. The Bertz CT molecular complexity index is 178. The predicted molar refractivity (Wildman–Crippen MR) is 82.8 cm³/mol. The minimum Gasteiger partial charge on any atom is -0.328 e. The molecule has 18 heavy (non-hydrogen) atoms. The van der Waals surface area contributed by atoms with Crippen LogP contribution in [0.5, 0.6) is 0 Å². The van der Waals surface area contributed by atoms with Gasteiger partial charge in [-0.3, -0.25) is 0 Å². The molecule has 2 heteroatoms. The van der Waals surface area contributed by atoms with E-state index in [9.17, 15) is 0 Å². The Morgan fingerprint density at radius 3 is 1.94 bits per heavy atom. The smallest absolute Gasteiger partial charge is 0.00413 e. The van der Waals surface area contributed by atoms with Crippen LogP contribution in [0.25, 0.3) is 0 Å². The lowest BCUT2D eigenvalue weighted by Crippen LogP contribution is -2.24. The molecule has 0 amide bonds. The van der Waals surface area contributed by atoms with Gasteiger partial charge in [0.15, 0.2) is 0 Å². The van der Waals surface area contributed by atoms with Crippen LogP contribution in [0.3, 0.4) is 0 Å². The van der Waals surface area contributed by atoms with Crippen LogP contribution in [-0.4, -0.2) is 19.1 Å². The summed E-state index contributed by atoms with van der Waals surface area (Å²) in [6.45, 7) is 13.7. The maximum Gasteiger partial charge on any atom is 0.00413 e. The van der Waals surface area contributed by atoms with Gasteiger partial charge in [-0.05, 0) is 62.9 Å². The Kier molecular flexibility index (Phi) is 10.8. The van der Waals surface area contributed by atoms with E-state index in [2.05, 4.69) is 39.9 Å². The van der Waals surface area contributed by atoms with Crippen LogP contribution in [0.1, 0.15) is 66.7 Å². The summed E-state index contributed by atoms with van der Waals surface area (Å²) < 4.78 is 0. The molecule has 0 aliphatic heterocycles. The first-order chi connectivity index (χ1) is 8.41. The summed E-state index contributed by atoms with van der Waals surface area (Å²) >= 11 is 0. The Balaban J connectivity index is 3.39. The van der Waals surface area contributed by atoms with Gasteiger partial charge in [0.05, 0.1) is 0 Å². The summed E-state index contributed by atoms with van der Waals surface area (Å²) in [7, 11) is 0. The first-order valence-electron chi connectivity index (χ1n) is 7.88. The molecule has 0 rings (SSSR count). The molecular weight excluding hydrogens is 220 g/mol. The molecule has 0 aliphatic carbocycles. The summed E-state index contributed by atoms with van der Waals surface area (Å²) in [5.41, 5.74) is 6.12. The van der Waals surface area contributed by atoms with Crippen LogP contribution in [0, 0.1) is 17.8 Å². The van der Waals surface area contributed by atoms with Gasteiger partial charge < -0.3 is 11.1 Å². The van der Waals surface area contributed by atoms with Gasteiger partial charge in [0.25, 0.3) is 0 Å². The van der Waals surface area contributed by atoms with E-state index in [4.69, 9.17) is 5.73 Å². The Hall–Kier alpha value is -0.0800. The van der Waals surface area contributed by atoms with E-state index in [0.717, 1.165) is 30.8 Å². The van der Waals surface area contributed by atoms with E-state index in [1.807, 2.05) is 0 Å². The van der Waals surface area contributed by atoms with E-state index in [1.54, 1.807) is 0 Å². The lowest BCUT2D eigenvalue weighted by molar-refractivity contribution is 0.397. The summed E-state index contributed by atoms with van der Waals surface area (Å²) in [4.78, 5) is 0. The van der Waals surface area contributed by atoms with Crippen molar-refractivity contribution >= 4 is 0 Å². The minimum absolute atomic E-state index is 0.404. The van der Waals surface area contributed by atoms with Gasteiger partial charge >= 0.3 is 0 Å². The van der Waals surface area contributed by atoms with Crippen molar-refractivity contribution in [2.24, 2.45) is 23.5 Å². The van der Waals surface area contributed by atoms with E-state index in [1.165, 1.54) is 32.1 Å². The average Bonchev–Trinajstić information content (AvgIpc) is 2.24. The number of hydrogen-bond acceptors (Lipinski definition) is 2. The summed E-state index contributed by atoms with van der Waals surface area (Å²) in [6, 6.07) is 0.404. The molecule has 0 aromatic carbocycles. The van der Waals surface area contributed by atoms with Crippen molar-refractivity contribution in [3.63, 3.8) is 0 Å². The standard InChI is InChI=1S/C16H36N2/c1-13(2)8-10-18-11-9-15(5)6-7-16(17)12-14(3)4/h13-16,18H,6-12,17H2,1-5H3. The average molecular weight is 256 g/mol. The second-order valence-electron chi connectivity index (χ2n) is 6.79. The van der Waals surface area contributed by atoms with Crippen LogP contribution in [0.2, 0.25) is 0 Å². The fourth-order valence-electron chi connectivity index (χ4n) is 2.23. The van der Waals surface area contributed by atoms with E-state index in [-0.39, 0.29) is 0 Å². The molecule has 0 fully saturated rings. The third-order valence-electron chi connectivity index (χ3n) is 3.52. The van der Waals surface area contributed by atoms with Gasteiger partial charge in [0, 0.05) is 6.04 Å². The Morgan fingerprint density at radius 1 is 0.778 bits per heavy atom. The van der Waals surface area contributed by atoms with Gasteiger partial charge in [0.1, 0.15) is 0 Å². The molecule has 110 valence electrons. The zero-order valence-corrected chi connectivity index (χ0v) is 13.3. The number of hydrogen-bond donors (Lipinski definition) is 2. The second-order valence-corrected chi connectivity index (χ2v) is 6.79. The zero-order valence-electron chi connectivity index (χ0n) is 13.3. The van der Waals surface area contributed by atoms with E-state index < -0.39 is 0 Å². The van der Waals surface area contributed by atoms with Crippen LogP contribution in [0.15, 0.2) is 0 Å². The molecule has 0 aliphatic rings. The molecule has 0 heterocycles. The molecule has 0 aromatic heterocycles. The quantitative estimate of drug-likeness (QED) is 0.552. The number of rotatable bonds is 11. The maximum absolute atomic E-state index is 6.12. The molecular formula is C16H36N2. The highest BCUT2D eigenvalue weighted by Crippen LogP contribution is 2.14. The van der Waals surface area contributed by atoms with Crippen LogP contribution in [-0.2, 0) is 0 Å². The molecule has 2 atom stereocenters. The minimum atomic E-state index is 0.404. The highest BCUT2D eigenvalue weighted by molar-refractivity contribution is 4.66. The summed E-state index contributed by atoms with van der Waals surface area (Å²) in [5.74, 6) is 2.34.